The van der Waals surface area contributed by atoms with Crippen LogP contribution >= 0.6 is 11.3 Å². The number of benzene rings is 1. The van der Waals surface area contributed by atoms with Gasteiger partial charge in [0.1, 0.15) is 23.0 Å². The van der Waals surface area contributed by atoms with Crippen molar-refractivity contribution in [2.75, 3.05) is 11.9 Å². The van der Waals surface area contributed by atoms with Gasteiger partial charge in [-0.1, -0.05) is 37.3 Å². The predicted octanol–water partition coefficient (Wildman–Crippen LogP) is 4.03. The van der Waals surface area contributed by atoms with Crippen LogP contribution in [0.5, 0.6) is 0 Å². The molecule has 0 aliphatic heterocycles. The van der Waals surface area contributed by atoms with E-state index >= 15 is 0 Å². The van der Waals surface area contributed by atoms with Gasteiger partial charge in [-0.05, 0) is 37.8 Å². The zero-order valence-corrected chi connectivity index (χ0v) is 16.4. The SMILES string of the molecule is Cc1sc2ncnc(N[C@H](C)C(=O)NC[C@H](C)c3ccccc3)c2c1C. The number of fused-ring (bicyclic) bond motifs is 1. The Morgan fingerprint density at radius 1 is 1.15 bits per heavy atom. The van der Waals surface area contributed by atoms with Crippen LogP contribution in [0.1, 0.15) is 35.8 Å². The van der Waals surface area contributed by atoms with E-state index in [2.05, 4.69) is 53.5 Å². The van der Waals surface area contributed by atoms with Crippen molar-refractivity contribution in [3.8, 4) is 0 Å². The van der Waals surface area contributed by atoms with E-state index < -0.39 is 0 Å². The molecule has 0 bridgehead atoms. The third kappa shape index (κ3) is 3.85. The number of anilines is 1. The molecular formula is C20H24N4OS. The molecular weight excluding hydrogens is 344 g/mol. The summed E-state index contributed by atoms with van der Waals surface area (Å²) in [5, 5.41) is 7.28. The molecule has 0 radical (unpaired) electrons. The molecule has 0 saturated carbocycles. The predicted molar refractivity (Wildman–Crippen MR) is 108 cm³/mol. The molecule has 2 atom stereocenters. The molecule has 0 aliphatic carbocycles. The maximum absolute atomic E-state index is 12.5. The van der Waals surface area contributed by atoms with Crippen LogP contribution in [0.25, 0.3) is 10.2 Å². The molecule has 1 amide bonds. The fourth-order valence-electron chi connectivity index (χ4n) is 2.87. The quantitative estimate of drug-likeness (QED) is 0.689. The van der Waals surface area contributed by atoms with Gasteiger partial charge in [-0.2, -0.15) is 0 Å². The molecule has 2 aromatic heterocycles. The summed E-state index contributed by atoms with van der Waals surface area (Å²) >= 11 is 1.65. The smallest absolute Gasteiger partial charge is 0.242 e. The molecule has 2 N–H and O–H groups in total. The first kappa shape index (κ1) is 18.3. The van der Waals surface area contributed by atoms with E-state index in [9.17, 15) is 4.79 Å². The number of rotatable bonds is 6. The van der Waals surface area contributed by atoms with E-state index in [4.69, 9.17) is 0 Å². The first-order valence-corrected chi connectivity index (χ1v) is 9.59. The first-order valence-electron chi connectivity index (χ1n) is 8.77. The lowest BCUT2D eigenvalue weighted by Gasteiger charge is -2.18. The van der Waals surface area contributed by atoms with Crippen molar-refractivity contribution in [3.63, 3.8) is 0 Å². The van der Waals surface area contributed by atoms with Crippen molar-refractivity contribution in [1.82, 2.24) is 15.3 Å². The molecule has 136 valence electrons. The lowest BCUT2D eigenvalue weighted by atomic mass is 10.0. The monoisotopic (exact) mass is 368 g/mol. The minimum absolute atomic E-state index is 0.0378. The maximum Gasteiger partial charge on any atom is 0.242 e. The number of thiophene rings is 1. The molecule has 0 aliphatic rings. The van der Waals surface area contributed by atoms with E-state index in [0.29, 0.717) is 6.54 Å². The number of amides is 1. The van der Waals surface area contributed by atoms with Crippen molar-refractivity contribution in [3.05, 3.63) is 52.7 Å². The molecule has 0 saturated heterocycles. The van der Waals surface area contributed by atoms with Gasteiger partial charge in [-0.25, -0.2) is 9.97 Å². The third-order valence-electron chi connectivity index (χ3n) is 4.66. The summed E-state index contributed by atoms with van der Waals surface area (Å²) in [5.41, 5.74) is 2.38. The van der Waals surface area contributed by atoms with Crippen LogP contribution in [0.3, 0.4) is 0 Å². The molecule has 26 heavy (non-hydrogen) atoms. The number of hydrogen-bond acceptors (Lipinski definition) is 5. The molecule has 3 aromatic rings. The number of aromatic nitrogens is 2. The van der Waals surface area contributed by atoms with E-state index in [1.807, 2.05) is 25.1 Å². The largest absolute Gasteiger partial charge is 0.358 e. The summed E-state index contributed by atoms with van der Waals surface area (Å²) < 4.78 is 0. The number of nitrogens with one attached hydrogen (secondary N) is 2. The second-order valence-electron chi connectivity index (χ2n) is 6.61. The van der Waals surface area contributed by atoms with Gasteiger partial charge in [0.25, 0.3) is 0 Å². The number of aryl methyl sites for hydroxylation is 2. The van der Waals surface area contributed by atoms with E-state index in [-0.39, 0.29) is 17.9 Å². The number of carbonyl (C=O) groups excluding carboxylic acids is 1. The second kappa shape index (κ2) is 7.83. The summed E-state index contributed by atoms with van der Waals surface area (Å²) in [5.74, 6) is 0.944. The van der Waals surface area contributed by atoms with Crippen LogP contribution in [0.4, 0.5) is 5.82 Å². The van der Waals surface area contributed by atoms with Crippen molar-refractivity contribution >= 4 is 33.3 Å². The highest BCUT2D eigenvalue weighted by atomic mass is 32.1. The highest BCUT2D eigenvalue weighted by Crippen LogP contribution is 2.32. The summed E-state index contributed by atoms with van der Waals surface area (Å²) in [6, 6.07) is 9.82. The van der Waals surface area contributed by atoms with Crippen LogP contribution in [-0.4, -0.2) is 28.5 Å². The van der Waals surface area contributed by atoms with Gasteiger partial charge in [-0.3, -0.25) is 4.79 Å². The van der Waals surface area contributed by atoms with Gasteiger partial charge in [0.05, 0.1) is 5.39 Å². The molecule has 5 nitrogen and oxygen atoms in total. The summed E-state index contributed by atoms with van der Waals surface area (Å²) in [6.07, 6.45) is 1.54. The Hall–Kier alpha value is -2.47. The van der Waals surface area contributed by atoms with Gasteiger partial charge in [0.15, 0.2) is 0 Å². The summed E-state index contributed by atoms with van der Waals surface area (Å²) in [4.78, 5) is 23.3. The third-order valence-corrected chi connectivity index (χ3v) is 5.78. The summed E-state index contributed by atoms with van der Waals surface area (Å²) in [7, 11) is 0. The number of nitrogens with zero attached hydrogens (tertiary/aromatic N) is 2. The normalized spacial score (nSPS) is 13.4. The molecule has 3 rings (SSSR count). The number of carbonyl (C=O) groups is 1. The Morgan fingerprint density at radius 3 is 2.62 bits per heavy atom. The van der Waals surface area contributed by atoms with Crippen molar-refractivity contribution in [2.24, 2.45) is 0 Å². The average Bonchev–Trinajstić information content (AvgIpc) is 2.95. The Morgan fingerprint density at radius 2 is 1.88 bits per heavy atom. The molecule has 1 aromatic carbocycles. The zero-order valence-electron chi connectivity index (χ0n) is 15.5. The molecule has 0 fully saturated rings. The standard InChI is InChI=1S/C20H24N4OS/c1-12(16-8-6-5-7-9-16)10-21-19(25)14(3)24-18-17-13(2)15(4)26-20(17)23-11-22-18/h5-9,11-12,14H,10H2,1-4H3,(H,21,25)(H,22,23,24)/t12-,14+/m0/s1. The Labute approximate surface area is 157 Å². The van der Waals surface area contributed by atoms with Gasteiger partial charge in [0, 0.05) is 11.4 Å². The van der Waals surface area contributed by atoms with Crippen LogP contribution in [-0.2, 0) is 4.79 Å². The lowest BCUT2D eigenvalue weighted by molar-refractivity contribution is -0.121. The maximum atomic E-state index is 12.5. The van der Waals surface area contributed by atoms with Gasteiger partial charge < -0.3 is 10.6 Å². The van der Waals surface area contributed by atoms with Crippen molar-refractivity contribution in [1.29, 1.82) is 0 Å². The van der Waals surface area contributed by atoms with Crippen molar-refractivity contribution < 1.29 is 4.79 Å². The van der Waals surface area contributed by atoms with Crippen LogP contribution in [0.15, 0.2) is 36.7 Å². The Balaban J connectivity index is 1.65. The van der Waals surface area contributed by atoms with Crippen LogP contribution < -0.4 is 10.6 Å². The minimum atomic E-state index is -0.379. The highest BCUT2D eigenvalue weighted by molar-refractivity contribution is 7.18. The molecule has 0 unspecified atom stereocenters. The molecule has 0 spiro atoms. The zero-order chi connectivity index (χ0) is 18.7. The summed E-state index contributed by atoms with van der Waals surface area (Å²) in [6.45, 7) is 8.70. The van der Waals surface area contributed by atoms with Gasteiger partial charge in [0.2, 0.25) is 5.91 Å². The molecule has 2 heterocycles. The van der Waals surface area contributed by atoms with Gasteiger partial charge >= 0.3 is 0 Å². The molecule has 6 heteroatoms. The first-order chi connectivity index (χ1) is 12.5. The van der Waals surface area contributed by atoms with E-state index in [1.54, 1.807) is 17.7 Å². The minimum Gasteiger partial charge on any atom is -0.358 e. The van der Waals surface area contributed by atoms with E-state index in [0.717, 1.165) is 16.0 Å². The fraction of sp³-hybridized carbons (Fsp3) is 0.350. The highest BCUT2D eigenvalue weighted by Gasteiger charge is 2.18. The van der Waals surface area contributed by atoms with Crippen LogP contribution in [0.2, 0.25) is 0 Å². The van der Waals surface area contributed by atoms with Crippen LogP contribution in [0, 0.1) is 13.8 Å². The van der Waals surface area contributed by atoms with Crippen molar-refractivity contribution in [2.45, 2.75) is 39.7 Å². The average molecular weight is 369 g/mol. The topological polar surface area (TPSA) is 66.9 Å². The fourth-order valence-corrected chi connectivity index (χ4v) is 3.87. The second-order valence-corrected chi connectivity index (χ2v) is 7.81. The lowest BCUT2D eigenvalue weighted by Crippen LogP contribution is -2.39. The van der Waals surface area contributed by atoms with Gasteiger partial charge in [-0.15, -0.1) is 11.3 Å². The van der Waals surface area contributed by atoms with E-state index in [1.165, 1.54) is 16.0 Å². The Kier molecular flexibility index (Phi) is 5.52. The number of hydrogen-bond donors (Lipinski definition) is 2. The Bertz CT molecular complexity index is 907.